The third-order valence-electron chi connectivity index (χ3n) is 4.99. The highest BCUT2D eigenvalue weighted by atomic mass is 32.2. The zero-order valence-electron chi connectivity index (χ0n) is 17.8. The number of thiophene rings is 1. The van der Waals surface area contributed by atoms with Gasteiger partial charge in [0.15, 0.2) is 0 Å². The Kier molecular flexibility index (Phi) is 7.11. The van der Waals surface area contributed by atoms with E-state index in [9.17, 15) is 18.8 Å². The molecule has 3 heterocycles. The number of halogens is 1. The van der Waals surface area contributed by atoms with Gasteiger partial charge in [-0.05, 0) is 43.3 Å². The van der Waals surface area contributed by atoms with Gasteiger partial charge in [0.1, 0.15) is 22.0 Å². The van der Waals surface area contributed by atoms with E-state index in [1.54, 1.807) is 23.5 Å². The van der Waals surface area contributed by atoms with Gasteiger partial charge in [-0.3, -0.25) is 19.3 Å². The van der Waals surface area contributed by atoms with Crippen molar-refractivity contribution in [2.45, 2.75) is 18.9 Å². The predicted octanol–water partition coefficient (Wildman–Crippen LogP) is 4.39. The maximum absolute atomic E-state index is 13.8. The Balaban J connectivity index is 1.31. The fourth-order valence-electron chi connectivity index (χ4n) is 3.18. The molecule has 11 heteroatoms. The number of carbonyl (C=O) groups is 3. The summed E-state index contributed by atoms with van der Waals surface area (Å²) in [5.41, 5.74) is 1.35. The molecule has 0 aliphatic carbocycles. The Bertz CT molecular complexity index is 1290. The lowest BCUT2D eigenvalue weighted by atomic mass is 10.2. The van der Waals surface area contributed by atoms with Crippen molar-refractivity contribution in [3.8, 4) is 0 Å². The summed E-state index contributed by atoms with van der Waals surface area (Å²) in [5.74, 6) is -1.05. The van der Waals surface area contributed by atoms with Crippen molar-refractivity contribution < 1.29 is 18.8 Å². The fourth-order valence-corrected chi connectivity index (χ4v) is 5.98. The Morgan fingerprint density at radius 3 is 2.82 bits per heavy atom. The summed E-state index contributed by atoms with van der Waals surface area (Å²) in [6.45, 7) is 4.20. The standard InChI is InChI=1S/C22H19FN4O3S3/c1-12-13(2)32-20-18(12)19(25-11-26-20)31-10-17(28)24-7-8-27-21(29)16(33-22(27)30)9-14-5-3-4-6-15(14)23/h3-6,9,11H,7-8,10H2,1-2H3,(H,24,28)/b16-9+. The molecule has 7 nitrogen and oxygen atoms in total. The van der Waals surface area contributed by atoms with Crippen LogP contribution in [0.25, 0.3) is 16.3 Å². The number of thioether (sulfide) groups is 2. The number of hydrogen-bond acceptors (Lipinski definition) is 8. The molecule has 0 radical (unpaired) electrons. The summed E-state index contributed by atoms with van der Waals surface area (Å²) >= 11 is 3.67. The molecular weight excluding hydrogens is 483 g/mol. The van der Waals surface area contributed by atoms with E-state index in [4.69, 9.17) is 0 Å². The molecule has 1 saturated heterocycles. The summed E-state index contributed by atoms with van der Waals surface area (Å²) in [6, 6.07) is 6.03. The molecule has 1 aromatic carbocycles. The van der Waals surface area contributed by atoms with Crippen molar-refractivity contribution in [2.24, 2.45) is 0 Å². The minimum atomic E-state index is -0.497. The Morgan fingerprint density at radius 1 is 1.24 bits per heavy atom. The van der Waals surface area contributed by atoms with Crippen LogP contribution in [0.5, 0.6) is 0 Å². The molecule has 1 fully saturated rings. The predicted molar refractivity (Wildman–Crippen MR) is 130 cm³/mol. The summed E-state index contributed by atoms with van der Waals surface area (Å²) in [4.78, 5) is 48.9. The highest BCUT2D eigenvalue weighted by Crippen LogP contribution is 2.34. The maximum Gasteiger partial charge on any atom is 0.293 e. The van der Waals surface area contributed by atoms with E-state index in [-0.39, 0.29) is 35.2 Å². The molecule has 0 saturated carbocycles. The normalized spacial score (nSPS) is 15.1. The van der Waals surface area contributed by atoms with Crippen molar-refractivity contribution >= 4 is 68.2 Å². The second kappa shape index (κ2) is 10.0. The van der Waals surface area contributed by atoms with Gasteiger partial charge >= 0.3 is 0 Å². The van der Waals surface area contributed by atoms with Crippen molar-refractivity contribution in [3.63, 3.8) is 0 Å². The summed E-state index contributed by atoms with van der Waals surface area (Å²) in [7, 11) is 0. The number of benzene rings is 1. The third-order valence-corrected chi connectivity index (χ3v) is 8.01. The molecule has 0 bridgehead atoms. The average Bonchev–Trinajstić information content (AvgIpc) is 3.23. The zero-order valence-corrected chi connectivity index (χ0v) is 20.2. The molecule has 0 unspecified atom stereocenters. The minimum Gasteiger partial charge on any atom is -0.354 e. The van der Waals surface area contributed by atoms with Gasteiger partial charge < -0.3 is 5.32 Å². The molecule has 1 aliphatic heterocycles. The number of fused-ring (bicyclic) bond motifs is 1. The van der Waals surface area contributed by atoms with E-state index in [0.29, 0.717) is 0 Å². The number of carbonyl (C=O) groups excluding carboxylic acids is 3. The molecule has 1 aliphatic rings. The SMILES string of the molecule is Cc1sc2ncnc(SCC(=O)NCCN3C(=O)S/C(=C/c4ccccc4F)C3=O)c2c1C. The quantitative estimate of drug-likeness (QED) is 0.291. The van der Waals surface area contributed by atoms with E-state index in [0.717, 1.165) is 42.3 Å². The first-order valence-corrected chi connectivity index (χ1v) is 12.6. The number of hydrogen-bond donors (Lipinski definition) is 1. The molecule has 2 aromatic heterocycles. The van der Waals surface area contributed by atoms with Crippen LogP contribution < -0.4 is 5.32 Å². The van der Waals surface area contributed by atoms with Gasteiger partial charge in [-0.1, -0.05) is 30.0 Å². The van der Waals surface area contributed by atoms with Crippen molar-refractivity contribution in [1.82, 2.24) is 20.2 Å². The molecule has 0 spiro atoms. The Labute approximate surface area is 201 Å². The summed E-state index contributed by atoms with van der Waals surface area (Å²) < 4.78 is 13.8. The molecule has 33 heavy (non-hydrogen) atoms. The number of rotatable bonds is 7. The number of aryl methyl sites for hydroxylation is 2. The number of amides is 3. The van der Waals surface area contributed by atoms with Crippen LogP contribution in [0.2, 0.25) is 0 Å². The van der Waals surface area contributed by atoms with Gasteiger partial charge in [0.2, 0.25) is 5.91 Å². The number of aromatic nitrogens is 2. The number of imide groups is 1. The van der Waals surface area contributed by atoms with Crippen LogP contribution in [0.1, 0.15) is 16.0 Å². The Morgan fingerprint density at radius 2 is 2.03 bits per heavy atom. The van der Waals surface area contributed by atoms with E-state index in [1.807, 2.05) is 13.8 Å². The second-order valence-corrected chi connectivity index (χ2v) is 10.3. The molecule has 3 aromatic rings. The van der Waals surface area contributed by atoms with Crippen LogP contribution in [0.4, 0.5) is 9.18 Å². The van der Waals surface area contributed by atoms with E-state index in [2.05, 4.69) is 15.3 Å². The highest BCUT2D eigenvalue weighted by molar-refractivity contribution is 8.18. The van der Waals surface area contributed by atoms with E-state index in [1.165, 1.54) is 36.3 Å². The number of nitrogens with one attached hydrogen (secondary N) is 1. The summed E-state index contributed by atoms with van der Waals surface area (Å²) in [5, 5.41) is 4.00. The largest absolute Gasteiger partial charge is 0.354 e. The first-order chi connectivity index (χ1) is 15.8. The molecule has 3 amide bonds. The van der Waals surface area contributed by atoms with Crippen LogP contribution in [0.15, 0.2) is 40.5 Å². The zero-order chi connectivity index (χ0) is 23.5. The lowest BCUT2D eigenvalue weighted by molar-refractivity contribution is -0.123. The van der Waals surface area contributed by atoms with Crippen molar-refractivity contribution in [2.75, 3.05) is 18.8 Å². The number of nitrogens with zero attached hydrogens (tertiary/aromatic N) is 3. The summed E-state index contributed by atoms with van der Waals surface area (Å²) in [6.07, 6.45) is 2.86. The lowest BCUT2D eigenvalue weighted by Gasteiger charge is -2.13. The van der Waals surface area contributed by atoms with Crippen LogP contribution in [0.3, 0.4) is 0 Å². The molecule has 170 valence electrons. The van der Waals surface area contributed by atoms with Gasteiger partial charge in [0.05, 0.1) is 10.7 Å². The maximum atomic E-state index is 13.8. The monoisotopic (exact) mass is 502 g/mol. The lowest BCUT2D eigenvalue weighted by Crippen LogP contribution is -2.37. The molecule has 0 atom stereocenters. The van der Waals surface area contributed by atoms with Gasteiger partial charge in [-0.2, -0.15) is 0 Å². The highest BCUT2D eigenvalue weighted by Gasteiger charge is 2.34. The van der Waals surface area contributed by atoms with Gasteiger partial charge in [0.25, 0.3) is 11.1 Å². The smallest absolute Gasteiger partial charge is 0.293 e. The van der Waals surface area contributed by atoms with Gasteiger partial charge in [0, 0.05) is 28.9 Å². The van der Waals surface area contributed by atoms with Crippen molar-refractivity contribution in [3.05, 3.63) is 57.3 Å². The Hall–Kier alpha value is -2.76. The molecular formula is C22H19FN4O3S3. The molecule has 4 rings (SSSR count). The van der Waals surface area contributed by atoms with E-state index < -0.39 is 17.0 Å². The van der Waals surface area contributed by atoms with Gasteiger partial charge in [-0.15, -0.1) is 11.3 Å². The van der Waals surface area contributed by atoms with E-state index >= 15 is 0 Å². The first kappa shape index (κ1) is 23.4. The van der Waals surface area contributed by atoms with Crippen LogP contribution >= 0.6 is 34.9 Å². The topological polar surface area (TPSA) is 92.3 Å². The fraction of sp³-hybridized carbons (Fsp3) is 0.227. The van der Waals surface area contributed by atoms with Crippen molar-refractivity contribution in [1.29, 1.82) is 0 Å². The third kappa shape index (κ3) is 5.10. The van der Waals surface area contributed by atoms with Gasteiger partial charge in [-0.25, -0.2) is 14.4 Å². The van der Waals surface area contributed by atoms with Crippen LogP contribution in [0, 0.1) is 19.7 Å². The average molecular weight is 503 g/mol. The van der Waals surface area contributed by atoms with Crippen LogP contribution in [-0.2, 0) is 9.59 Å². The first-order valence-electron chi connectivity index (χ1n) is 9.95. The molecule has 1 N–H and O–H groups in total. The second-order valence-electron chi connectivity index (χ2n) is 7.14. The minimum absolute atomic E-state index is 0.0380. The van der Waals surface area contributed by atoms with Crippen LogP contribution in [-0.4, -0.2) is 50.8 Å².